The molecule has 1 aromatic carbocycles. The van der Waals surface area contributed by atoms with Gasteiger partial charge in [0, 0.05) is 12.4 Å². The number of nitrogens with one attached hydrogen (secondary N) is 1. The first-order valence-corrected chi connectivity index (χ1v) is 8.86. The van der Waals surface area contributed by atoms with E-state index in [1.54, 1.807) is 36.0 Å². The zero-order valence-corrected chi connectivity index (χ0v) is 16.0. The number of nitrogens with zero attached hydrogens (tertiary/aromatic N) is 4. The molecule has 0 spiro atoms. The third-order valence-corrected chi connectivity index (χ3v) is 4.97. The zero-order chi connectivity index (χ0) is 20.2. The summed E-state index contributed by atoms with van der Waals surface area (Å²) in [5.74, 6) is -1.38. The van der Waals surface area contributed by atoms with Crippen LogP contribution in [0.2, 0.25) is 0 Å². The van der Waals surface area contributed by atoms with Crippen LogP contribution >= 0.6 is 0 Å². The predicted octanol–water partition coefficient (Wildman–Crippen LogP) is 2.21. The molecule has 0 bridgehead atoms. The normalized spacial score (nSPS) is 14.5. The Balaban J connectivity index is 1.58. The highest BCUT2D eigenvalue weighted by molar-refractivity contribution is 6.23. The second kappa shape index (κ2) is 6.26. The molecule has 4 rings (SSSR count). The lowest BCUT2D eigenvalue weighted by molar-refractivity contribution is -0.119. The summed E-state index contributed by atoms with van der Waals surface area (Å²) in [5, 5.41) is 7.87. The first-order valence-electron chi connectivity index (χ1n) is 8.86. The largest absolute Gasteiger partial charge is 0.323 e. The van der Waals surface area contributed by atoms with Crippen molar-refractivity contribution in [2.24, 2.45) is 7.05 Å². The van der Waals surface area contributed by atoms with Gasteiger partial charge in [-0.05, 0) is 39.0 Å². The Morgan fingerprint density at radius 2 is 1.82 bits per heavy atom. The molecule has 0 saturated carbocycles. The molecule has 0 saturated heterocycles. The van der Waals surface area contributed by atoms with E-state index in [1.807, 2.05) is 13.8 Å². The first-order chi connectivity index (χ1) is 13.3. The Morgan fingerprint density at radius 1 is 1.11 bits per heavy atom. The van der Waals surface area contributed by atoms with Gasteiger partial charge in [0.25, 0.3) is 11.8 Å². The molecule has 3 heterocycles. The smallest absolute Gasteiger partial charge is 0.262 e. The molecular formula is C20H19N5O3. The van der Waals surface area contributed by atoms with Crippen molar-refractivity contribution >= 4 is 34.4 Å². The summed E-state index contributed by atoms with van der Waals surface area (Å²) < 4.78 is 1.67. The Bertz CT molecular complexity index is 1160. The summed E-state index contributed by atoms with van der Waals surface area (Å²) in [4.78, 5) is 43.4. The maximum Gasteiger partial charge on any atom is 0.262 e. The van der Waals surface area contributed by atoms with Gasteiger partial charge in [0.05, 0.1) is 28.7 Å². The fourth-order valence-corrected chi connectivity index (χ4v) is 3.47. The van der Waals surface area contributed by atoms with E-state index >= 15 is 0 Å². The van der Waals surface area contributed by atoms with Crippen molar-refractivity contribution in [3.8, 4) is 0 Å². The number of rotatable bonds is 3. The van der Waals surface area contributed by atoms with Gasteiger partial charge in [-0.15, -0.1) is 0 Å². The summed E-state index contributed by atoms with van der Waals surface area (Å²) in [7, 11) is 1.80. The van der Waals surface area contributed by atoms with Crippen LogP contribution in [0.15, 0.2) is 30.5 Å². The van der Waals surface area contributed by atoms with Gasteiger partial charge in [-0.1, -0.05) is 11.6 Å². The average molecular weight is 377 g/mol. The van der Waals surface area contributed by atoms with E-state index in [9.17, 15) is 14.4 Å². The van der Waals surface area contributed by atoms with Crippen molar-refractivity contribution in [1.29, 1.82) is 0 Å². The Hall–Kier alpha value is -3.55. The van der Waals surface area contributed by atoms with Crippen LogP contribution in [0, 0.1) is 13.8 Å². The molecule has 0 fully saturated rings. The number of amides is 3. The molecular weight excluding hydrogens is 358 g/mol. The summed E-state index contributed by atoms with van der Waals surface area (Å²) in [6, 6.07) is 5.89. The van der Waals surface area contributed by atoms with Gasteiger partial charge in [0.15, 0.2) is 5.65 Å². The fourth-order valence-electron chi connectivity index (χ4n) is 3.47. The number of carbonyl (C=O) groups is 3. The summed E-state index contributed by atoms with van der Waals surface area (Å²) >= 11 is 0. The van der Waals surface area contributed by atoms with Crippen molar-refractivity contribution in [2.75, 3.05) is 5.32 Å². The molecule has 3 aromatic rings. The van der Waals surface area contributed by atoms with E-state index in [-0.39, 0.29) is 0 Å². The highest BCUT2D eigenvalue weighted by Crippen LogP contribution is 2.26. The van der Waals surface area contributed by atoms with Crippen LogP contribution in [0.1, 0.15) is 38.9 Å². The fraction of sp³-hybridized carbons (Fsp3) is 0.250. The average Bonchev–Trinajstić information content (AvgIpc) is 3.07. The standard InChI is InChI=1S/C20H19N5O3/c1-10-5-6-14-16(7-10)20(28)25(19(14)27)12(3)18(26)22-13-8-15-11(2)23-24(4)17(15)21-9-13/h5-9,12H,1-4H3,(H,22,26)/t12-/m1/s1. The molecule has 1 atom stereocenters. The Labute approximate surface area is 161 Å². The summed E-state index contributed by atoms with van der Waals surface area (Å²) in [6.45, 7) is 5.24. The van der Waals surface area contributed by atoms with Crippen molar-refractivity contribution in [3.05, 3.63) is 52.8 Å². The minimum atomic E-state index is -0.960. The SMILES string of the molecule is Cc1ccc2c(c1)C(=O)N([C@H](C)C(=O)Nc1cnc3c(c1)c(C)nn3C)C2=O. The van der Waals surface area contributed by atoms with Crippen LogP contribution in [0.25, 0.3) is 11.0 Å². The number of anilines is 1. The quantitative estimate of drug-likeness (QED) is 0.706. The number of aromatic nitrogens is 3. The van der Waals surface area contributed by atoms with Gasteiger partial charge in [0.1, 0.15) is 6.04 Å². The van der Waals surface area contributed by atoms with E-state index < -0.39 is 23.8 Å². The maximum atomic E-state index is 12.7. The van der Waals surface area contributed by atoms with Gasteiger partial charge in [-0.2, -0.15) is 5.10 Å². The van der Waals surface area contributed by atoms with Crippen molar-refractivity contribution < 1.29 is 14.4 Å². The molecule has 8 nitrogen and oxygen atoms in total. The minimum absolute atomic E-state index is 0.323. The number of imide groups is 1. The number of benzene rings is 1. The number of aryl methyl sites for hydroxylation is 3. The molecule has 1 aliphatic heterocycles. The molecule has 0 unspecified atom stereocenters. The third-order valence-electron chi connectivity index (χ3n) is 4.97. The van der Waals surface area contributed by atoms with E-state index in [0.717, 1.165) is 21.5 Å². The summed E-state index contributed by atoms with van der Waals surface area (Å²) in [5.41, 5.74) is 3.52. The van der Waals surface area contributed by atoms with E-state index in [4.69, 9.17) is 0 Å². The lowest BCUT2D eigenvalue weighted by atomic mass is 10.1. The Morgan fingerprint density at radius 3 is 2.57 bits per heavy atom. The molecule has 2 aromatic heterocycles. The first kappa shape index (κ1) is 17.8. The van der Waals surface area contributed by atoms with Crippen LogP contribution in [0.5, 0.6) is 0 Å². The predicted molar refractivity (Wildman–Crippen MR) is 103 cm³/mol. The highest BCUT2D eigenvalue weighted by atomic mass is 16.2. The molecule has 8 heteroatoms. The monoisotopic (exact) mass is 377 g/mol. The summed E-state index contributed by atoms with van der Waals surface area (Å²) in [6.07, 6.45) is 1.53. The van der Waals surface area contributed by atoms with E-state index in [2.05, 4.69) is 15.4 Å². The maximum absolute atomic E-state index is 12.7. The van der Waals surface area contributed by atoms with Crippen LogP contribution in [-0.2, 0) is 11.8 Å². The third kappa shape index (κ3) is 2.65. The van der Waals surface area contributed by atoms with Crippen LogP contribution in [0.4, 0.5) is 5.69 Å². The van der Waals surface area contributed by atoms with Crippen molar-refractivity contribution in [2.45, 2.75) is 26.8 Å². The number of carbonyl (C=O) groups excluding carboxylic acids is 3. The van der Waals surface area contributed by atoms with E-state index in [1.165, 1.54) is 13.1 Å². The molecule has 3 amide bonds. The number of hydrogen-bond donors (Lipinski definition) is 1. The Kier molecular flexibility index (Phi) is 3.99. The van der Waals surface area contributed by atoms with Gasteiger partial charge >= 0.3 is 0 Å². The molecule has 142 valence electrons. The van der Waals surface area contributed by atoms with Gasteiger partial charge < -0.3 is 5.32 Å². The van der Waals surface area contributed by atoms with Crippen LogP contribution in [-0.4, -0.2) is 43.4 Å². The van der Waals surface area contributed by atoms with Crippen molar-refractivity contribution in [1.82, 2.24) is 19.7 Å². The number of fused-ring (bicyclic) bond motifs is 2. The van der Waals surface area contributed by atoms with Crippen molar-refractivity contribution in [3.63, 3.8) is 0 Å². The molecule has 1 N–H and O–H groups in total. The number of hydrogen-bond acceptors (Lipinski definition) is 5. The van der Waals surface area contributed by atoms with Crippen LogP contribution in [0.3, 0.4) is 0 Å². The van der Waals surface area contributed by atoms with Crippen LogP contribution < -0.4 is 5.32 Å². The molecule has 0 aliphatic carbocycles. The topological polar surface area (TPSA) is 97.2 Å². The minimum Gasteiger partial charge on any atom is -0.323 e. The number of pyridine rings is 1. The second-order valence-corrected chi connectivity index (χ2v) is 7.00. The second-order valence-electron chi connectivity index (χ2n) is 7.00. The van der Waals surface area contributed by atoms with Gasteiger partial charge in [-0.3, -0.25) is 24.0 Å². The van der Waals surface area contributed by atoms with Gasteiger partial charge in [-0.25, -0.2) is 4.98 Å². The lowest BCUT2D eigenvalue weighted by Crippen LogP contribution is -2.45. The molecule has 28 heavy (non-hydrogen) atoms. The zero-order valence-electron chi connectivity index (χ0n) is 16.0. The highest BCUT2D eigenvalue weighted by Gasteiger charge is 2.40. The lowest BCUT2D eigenvalue weighted by Gasteiger charge is -2.21. The molecule has 1 aliphatic rings. The van der Waals surface area contributed by atoms with E-state index in [0.29, 0.717) is 22.5 Å². The van der Waals surface area contributed by atoms with Gasteiger partial charge in [0.2, 0.25) is 5.91 Å². The molecule has 0 radical (unpaired) electrons.